The van der Waals surface area contributed by atoms with Gasteiger partial charge in [0, 0.05) is 31.8 Å². The maximum atomic E-state index is 12.6. The molecule has 1 aliphatic heterocycles. The molecule has 0 aliphatic carbocycles. The summed E-state index contributed by atoms with van der Waals surface area (Å²) in [6, 6.07) is 6.83. The van der Waals surface area contributed by atoms with Gasteiger partial charge in [0.1, 0.15) is 0 Å². The van der Waals surface area contributed by atoms with Gasteiger partial charge >= 0.3 is 0 Å². The molecule has 134 valence electrons. The fraction of sp³-hybridized carbons (Fsp3) is 0.562. The summed E-state index contributed by atoms with van der Waals surface area (Å²) in [5.74, 6) is -0.537. The zero-order valence-corrected chi connectivity index (χ0v) is 15.3. The highest BCUT2D eigenvalue weighted by atomic mass is 35.5. The van der Waals surface area contributed by atoms with Crippen molar-refractivity contribution in [3.05, 3.63) is 34.9 Å². The van der Waals surface area contributed by atoms with Gasteiger partial charge in [-0.15, -0.1) is 0 Å². The van der Waals surface area contributed by atoms with Gasteiger partial charge in [-0.1, -0.05) is 23.7 Å². The quantitative estimate of drug-likeness (QED) is 0.736. The van der Waals surface area contributed by atoms with E-state index in [9.17, 15) is 13.2 Å². The van der Waals surface area contributed by atoms with Gasteiger partial charge in [-0.2, -0.15) is 0 Å². The largest absolute Gasteiger partial charge is 0.383 e. The first-order valence-corrected chi connectivity index (χ1v) is 9.90. The summed E-state index contributed by atoms with van der Waals surface area (Å²) < 4.78 is 31.6. The van der Waals surface area contributed by atoms with Crippen LogP contribution < -0.4 is 5.32 Å². The molecule has 1 amide bonds. The average molecular weight is 375 g/mol. The number of piperidine rings is 1. The highest BCUT2D eigenvalue weighted by molar-refractivity contribution is 7.88. The number of carbonyl (C=O) groups is 1. The molecular weight excluding hydrogens is 352 g/mol. The summed E-state index contributed by atoms with van der Waals surface area (Å²) in [7, 11) is -1.91. The number of hydrogen-bond acceptors (Lipinski definition) is 4. The van der Waals surface area contributed by atoms with Crippen LogP contribution in [0.4, 0.5) is 0 Å². The standard InChI is InChI=1S/C16H23ClN2O4S/c1-23-9-7-18-16(20)14-5-3-8-19(11-14)24(21,22)12-13-4-2-6-15(17)10-13/h2,4,6,10,14H,3,5,7-9,11-12H2,1H3,(H,18,20)/t14-/m1/s1. The average Bonchev–Trinajstić information content (AvgIpc) is 2.55. The molecule has 1 aliphatic rings. The fourth-order valence-corrected chi connectivity index (χ4v) is 4.57. The van der Waals surface area contributed by atoms with Crippen LogP contribution in [-0.4, -0.2) is 52.0 Å². The van der Waals surface area contributed by atoms with Crippen molar-refractivity contribution < 1.29 is 17.9 Å². The lowest BCUT2D eigenvalue weighted by molar-refractivity contribution is -0.126. The molecule has 1 aromatic rings. The van der Waals surface area contributed by atoms with Crippen LogP contribution in [-0.2, 0) is 25.3 Å². The first kappa shape index (κ1) is 19.2. The van der Waals surface area contributed by atoms with Crippen LogP contribution in [0.1, 0.15) is 18.4 Å². The first-order chi connectivity index (χ1) is 11.4. The smallest absolute Gasteiger partial charge is 0.224 e. The van der Waals surface area contributed by atoms with Gasteiger partial charge in [0.2, 0.25) is 15.9 Å². The van der Waals surface area contributed by atoms with Crippen LogP contribution in [0.25, 0.3) is 0 Å². The lowest BCUT2D eigenvalue weighted by Gasteiger charge is -2.31. The second-order valence-electron chi connectivity index (χ2n) is 5.87. The number of sulfonamides is 1. The molecule has 0 unspecified atom stereocenters. The predicted octanol–water partition coefficient (Wildman–Crippen LogP) is 1.64. The SMILES string of the molecule is COCCNC(=O)[C@@H]1CCCN(S(=O)(=O)Cc2cccc(Cl)c2)C1. The Hall–Kier alpha value is -1.15. The summed E-state index contributed by atoms with van der Waals surface area (Å²) in [6.07, 6.45) is 1.37. The summed E-state index contributed by atoms with van der Waals surface area (Å²) in [5, 5.41) is 3.29. The molecule has 8 heteroatoms. The molecule has 0 spiro atoms. The van der Waals surface area contributed by atoms with Crippen LogP contribution in [0.3, 0.4) is 0 Å². The Bertz CT molecular complexity index is 666. The Kier molecular flexibility index (Phi) is 7.03. The van der Waals surface area contributed by atoms with Crippen LogP contribution >= 0.6 is 11.6 Å². The van der Waals surface area contributed by atoms with Crippen molar-refractivity contribution in [2.24, 2.45) is 5.92 Å². The maximum absolute atomic E-state index is 12.6. The minimum Gasteiger partial charge on any atom is -0.383 e. The molecule has 0 bridgehead atoms. The monoisotopic (exact) mass is 374 g/mol. The summed E-state index contributed by atoms with van der Waals surface area (Å²) in [5.41, 5.74) is 0.647. The van der Waals surface area contributed by atoms with Crippen molar-refractivity contribution >= 4 is 27.5 Å². The highest BCUT2D eigenvalue weighted by Crippen LogP contribution is 2.22. The van der Waals surface area contributed by atoms with Crippen molar-refractivity contribution in [3.63, 3.8) is 0 Å². The van der Waals surface area contributed by atoms with E-state index in [0.29, 0.717) is 43.1 Å². The molecule has 24 heavy (non-hydrogen) atoms. The molecule has 0 saturated carbocycles. The van der Waals surface area contributed by atoms with Crippen molar-refractivity contribution in [2.45, 2.75) is 18.6 Å². The number of nitrogens with zero attached hydrogens (tertiary/aromatic N) is 1. The minimum absolute atomic E-state index is 0.106. The number of carbonyl (C=O) groups excluding carboxylic acids is 1. The number of hydrogen-bond donors (Lipinski definition) is 1. The van der Waals surface area contributed by atoms with E-state index in [4.69, 9.17) is 16.3 Å². The van der Waals surface area contributed by atoms with E-state index < -0.39 is 10.0 Å². The van der Waals surface area contributed by atoms with Gasteiger partial charge in [-0.25, -0.2) is 12.7 Å². The van der Waals surface area contributed by atoms with E-state index in [2.05, 4.69) is 5.32 Å². The third-order valence-electron chi connectivity index (χ3n) is 3.99. The van der Waals surface area contributed by atoms with E-state index in [1.807, 2.05) is 0 Å². The topological polar surface area (TPSA) is 75.7 Å². The van der Waals surface area contributed by atoms with Gasteiger partial charge in [0.05, 0.1) is 18.3 Å². The minimum atomic E-state index is -3.47. The van der Waals surface area contributed by atoms with Crippen molar-refractivity contribution in [3.8, 4) is 0 Å². The van der Waals surface area contributed by atoms with E-state index in [-0.39, 0.29) is 24.1 Å². The first-order valence-electron chi connectivity index (χ1n) is 7.91. The Balaban J connectivity index is 1.98. The maximum Gasteiger partial charge on any atom is 0.224 e. The number of halogens is 1. The predicted molar refractivity (Wildman–Crippen MR) is 93.3 cm³/mol. The normalized spacial score (nSPS) is 19.2. The number of benzene rings is 1. The number of methoxy groups -OCH3 is 1. The lowest BCUT2D eigenvalue weighted by atomic mass is 9.99. The van der Waals surface area contributed by atoms with Crippen LogP contribution in [0, 0.1) is 5.92 Å². The van der Waals surface area contributed by atoms with Gasteiger partial charge in [0.25, 0.3) is 0 Å². The van der Waals surface area contributed by atoms with E-state index in [0.717, 1.165) is 0 Å². The summed E-state index contributed by atoms with van der Waals surface area (Å²) in [4.78, 5) is 12.1. The van der Waals surface area contributed by atoms with E-state index in [1.165, 1.54) is 4.31 Å². The second kappa shape index (κ2) is 8.80. The lowest BCUT2D eigenvalue weighted by Crippen LogP contribution is -2.46. The highest BCUT2D eigenvalue weighted by Gasteiger charge is 2.32. The Morgan fingerprint density at radius 1 is 1.46 bits per heavy atom. The Labute approximate surface area is 148 Å². The molecule has 1 saturated heterocycles. The molecule has 0 aromatic heterocycles. The molecule has 1 aromatic carbocycles. The van der Waals surface area contributed by atoms with Gasteiger partial charge in [0.15, 0.2) is 0 Å². The molecule has 1 heterocycles. The van der Waals surface area contributed by atoms with E-state index in [1.54, 1.807) is 31.4 Å². The molecular formula is C16H23ClN2O4S. The number of amides is 1. The van der Waals surface area contributed by atoms with Crippen molar-refractivity contribution in [1.82, 2.24) is 9.62 Å². The van der Waals surface area contributed by atoms with Gasteiger partial charge < -0.3 is 10.1 Å². The molecule has 1 atom stereocenters. The molecule has 1 fully saturated rings. The number of ether oxygens (including phenoxy) is 1. The van der Waals surface area contributed by atoms with Crippen LogP contribution in [0.5, 0.6) is 0 Å². The number of rotatable bonds is 7. The molecule has 2 rings (SSSR count). The molecule has 6 nitrogen and oxygen atoms in total. The van der Waals surface area contributed by atoms with Gasteiger partial charge in [-0.05, 0) is 30.5 Å². The molecule has 1 N–H and O–H groups in total. The second-order valence-corrected chi connectivity index (χ2v) is 8.27. The summed E-state index contributed by atoms with van der Waals surface area (Å²) >= 11 is 5.91. The van der Waals surface area contributed by atoms with Crippen LogP contribution in [0.15, 0.2) is 24.3 Å². The Morgan fingerprint density at radius 2 is 2.25 bits per heavy atom. The summed E-state index contributed by atoms with van der Waals surface area (Å²) in [6.45, 7) is 1.54. The van der Waals surface area contributed by atoms with Crippen molar-refractivity contribution in [1.29, 1.82) is 0 Å². The third-order valence-corrected chi connectivity index (χ3v) is 6.04. The fourth-order valence-electron chi connectivity index (χ4n) is 2.76. The van der Waals surface area contributed by atoms with Crippen LogP contribution in [0.2, 0.25) is 5.02 Å². The Morgan fingerprint density at radius 3 is 2.96 bits per heavy atom. The molecule has 0 radical (unpaired) electrons. The van der Waals surface area contributed by atoms with Gasteiger partial charge in [-0.3, -0.25) is 4.79 Å². The van der Waals surface area contributed by atoms with E-state index >= 15 is 0 Å². The third kappa shape index (κ3) is 5.44. The zero-order valence-electron chi connectivity index (χ0n) is 13.7. The van der Waals surface area contributed by atoms with Crippen molar-refractivity contribution in [2.75, 3.05) is 33.4 Å². The zero-order chi connectivity index (χ0) is 17.6. The number of nitrogens with one attached hydrogen (secondary N) is 1.